The minimum Gasteiger partial charge on any atom is -0.372 e. The number of pyridine rings is 1. The van der Waals surface area contributed by atoms with Gasteiger partial charge < -0.3 is 5.32 Å². The Morgan fingerprint density at radius 3 is 1.95 bits per heavy atom. The zero-order valence-corrected chi connectivity index (χ0v) is 21.5. The van der Waals surface area contributed by atoms with Gasteiger partial charge >= 0.3 is 0 Å². The van der Waals surface area contributed by atoms with Crippen LogP contribution in [0.3, 0.4) is 0 Å². The van der Waals surface area contributed by atoms with Crippen LogP contribution in [0.1, 0.15) is 34.0 Å². The molecule has 1 unspecified atom stereocenters. The van der Waals surface area contributed by atoms with Gasteiger partial charge in [0.05, 0.1) is 17.4 Å². The first-order valence-electron chi connectivity index (χ1n) is 12.9. The summed E-state index contributed by atoms with van der Waals surface area (Å²) >= 11 is 0. The van der Waals surface area contributed by atoms with E-state index in [1.165, 1.54) is 49.5 Å². The van der Waals surface area contributed by atoms with Crippen molar-refractivity contribution in [2.45, 2.75) is 26.8 Å². The van der Waals surface area contributed by atoms with E-state index in [1.54, 1.807) is 0 Å². The fourth-order valence-corrected chi connectivity index (χ4v) is 5.58. The van der Waals surface area contributed by atoms with Gasteiger partial charge in [0.1, 0.15) is 0 Å². The minimum atomic E-state index is -0.110. The Morgan fingerprint density at radius 2 is 1.19 bits per heavy atom. The molecule has 0 aliphatic heterocycles. The normalized spacial score (nSPS) is 12.1. The molecule has 0 aliphatic carbocycles. The van der Waals surface area contributed by atoms with Crippen LogP contribution >= 0.6 is 0 Å². The van der Waals surface area contributed by atoms with Crippen LogP contribution < -0.4 is 5.32 Å². The van der Waals surface area contributed by atoms with E-state index in [9.17, 15) is 0 Å². The van der Waals surface area contributed by atoms with E-state index in [1.807, 2.05) is 0 Å². The van der Waals surface area contributed by atoms with Gasteiger partial charge in [-0.05, 0) is 71.1 Å². The molecule has 0 saturated carbocycles. The second-order valence-corrected chi connectivity index (χ2v) is 9.89. The summed E-state index contributed by atoms with van der Waals surface area (Å²) in [4.78, 5) is 5.29. The summed E-state index contributed by atoms with van der Waals surface area (Å²) in [6.45, 7) is 6.52. The number of nitrogens with zero attached hydrogens (tertiary/aromatic N) is 1. The van der Waals surface area contributed by atoms with Gasteiger partial charge in [0, 0.05) is 11.3 Å². The Balaban J connectivity index is 1.54. The monoisotopic (exact) mass is 478 g/mol. The maximum Gasteiger partial charge on any atom is 0.0946 e. The molecule has 0 fully saturated rings. The van der Waals surface area contributed by atoms with Gasteiger partial charge in [-0.3, -0.25) is 4.98 Å². The third kappa shape index (κ3) is 4.36. The van der Waals surface area contributed by atoms with Crippen molar-refractivity contribution in [3.8, 4) is 11.3 Å². The van der Waals surface area contributed by atoms with Crippen LogP contribution in [0.15, 0.2) is 115 Å². The summed E-state index contributed by atoms with van der Waals surface area (Å²) in [6.07, 6.45) is 0. The second kappa shape index (κ2) is 9.55. The van der Waals surface area contributed by atoms with Crippen molar-refractivity contribution >= 4 is 27.2 Å². The number of hydrogen-bond donors (Lipinski definition) is 1. The van der Waals surface area contributed by atoms with Gasteiger partial charge in [-0.1, -0.05) is 109 Å². The van der Waals surface area contributed by atoms with Crippen molar-refractivity contribution in [1.82, 2.24) is 4.98 Å². The first-order chi connectivity index (χ1) is 18.1. The Morgan fingerprint density at radius 1 is 0.595 bits per heavy atom. The topological polar surface area (TPSA) is 24.9 Å². The predicted octanol–water partition coefficient (Wildman–Crippen LogP) is 9.18. The molecule has 2 nitrogen and oxygen atoms in total. The van der Waals surface area contributed by atoms with Crippen molar-refractivity contribution in [3.63, 3.8) is 0 Å². The molecular formula is C35H30N2. The molecule has 1 N–H and O–H groups in total. The summed E-state index contributed by atoms with van der Waals surface area (Å²) in [7, 11) is 0. The lowest BCUT2D eigenvalue weighted by Gasteiger charge is -2.25. The van der Waals surface area contributed by atoms with E-state index < -0.39 is 0 Å². The minimum absolute atomic E-state index is 0.110. The molecule has 0 aliphatic rings. The predicted molar refractivity (Wildman–Crippen MR) is 157 cm³/mol. The number of anilines is 1. The molecule has 6 aromatic rings. The lowest BCUT2D eigenvalue weighted by Crippen LogP contribution is -2.16. The molecule has 1 atom stereocenters. The summed E-state index contributed by atoms with van der Waals surface area (Å²) in [5.74, 6) is 0. The molecule has 2 heteroatoms. The number of aromatic nitrogens is 1. The van der Waals surface area contributed by atoms with Crippen molar-refractivity contribution < 1.29 is 0 Å². The van der Waals surface area contributed by atoms with Gasteiger partial charge in [-0.25, -0.2) is 0 Å². The molecule has 1 heterocycles. The van der Waals surface area contributed by atoms with E-state index >= 15 is 0 Å². The van der Waals surface area contributed by atoms with Crippen LogP contribution in [-0.4, -0.2) is 4.98 Å². The molecule has 0 amide bonds. The lowest BCUT2D eigenvalue weighted by molar-refractivity contribution is 0.893. The third-order valence-corrected chi connectivity index (χ3v) is 7.23. The van der Waals surface area contributed by atoms with Gasteiger partial charge in [-0.2, -0.15) is 0 Å². The maximum absolute atomic E-state index is 5.29. The van der Waals surface area contributed by atoms with E-state index in [0.717, 1.165) is 17.0 Å². The van der Waals surface area contributed by atoms with Gasteiger partial charge in [0.15, 0.2) is 0 Å². The van der Waals surface area contributed by atoms with Crippen LogP contribution in [-0.2, 0) is 0 Å². The molecule has 0 bridgehead atoms. The first-order valence-corrected chi connectivity index (χ1v) is 12.9. The highest BCUT2D eigenvalue weighted by Gasteiger charge is 2.21. The standard InChI is InChI=1S/C35H30N2/c1-23-21-24(2)34(25(3)22-23)37-35(31-18-9-14-27-12-5-7-16-29(27)31)33-20-10-19-32(36-33)30-17-8-13-26-11-4-6-15-28(26)30/h4-22,35,37H,1-3H3. The smallest absolute Gasteiger partial charge is 0.0946 e. The van der Waals surface area contributed by atoms with E-state index in [-0.39, 0.29) is 6.04 Å². The quantitative estimate of drug-likeness (QED) is 0.267. The summed E-state index contributed by atoms with van der Waals surface area (Å²) in [5, 5.41) is 8.83. The SMILES string of the molecule is Cc1cc(C)c(NC(c2cccc(-c3cccc4ccccc34)n2)c2cccc3ccccc23)c(C)c1. The Labute approximate surface area is 218 Å². The zero-order valence-electron chi connectivity index (χ0n) is 21.5. The second-order valence-electron chi connectivity index (χ2n) is 9.89. The number of nitrogens with one attached hydrogen (secondary N) is 1. The summed E-state index contributed by atoms with van der Waals surface area (Å²) in [5.41, 5.74) is 9.29. The third-order valence-electron chi connectivity index (χ3n) is 7.23. The molecular weight excluding hydrogens is 448 g/mol. The summed E-state index contributed by atoms with van der Waals surface area (Å²) in [6, 6.07) is 40.9. The van der Waals surface area contributed by atoms with Crippen LogP contribution in [0.25, 0.3) is 32.8 Å². The van der Waals surface area contributed by atoms with Crippen molar-refractivity contribution in [2.24, 2.45) is 0 Å². The van der Waals surface area contributed by atoms with Gasteiger partial charge in [0.25, 0.3) is 0 Å². The molecule has 1 aromatic heterocycles. The highest BCUT2D eigenvalue weighted by molar-refractivity contribution is 5.95. The molecule has 0 spiro atoms. The van der Waals surface area contributed by atoms with Crippen LogP contribution in [0.2, 0.25) is 0 Å². The van der Waals surface area contributed by atoms with Gasteiger partial charge in [-0.15, -0.1) is 0 Å². The van der Waals surface area contributed by atoms with Crippen LogP contribution in [0.4, 0.5) is 5.69 Å². The average molecular weight is 479 g/mol. The van der Waals surface area contributed by atoms with E-state index in [0.29, 0.717) is 0 Å². The molecule has 0 radical (unpaired) electrons. The fourth-order valence-electron chi connectivity index (χ4n) is 5.58. The first kappa shape index (κ1) is 23.0. The zero-order chi connectivity index (χ0) is 25.4. The van der Waals surface area contributed by atoms with E-state index in [4.69, 9.17) is 4.98 Å². The Bertz CT molecular complexity index is 1710. The molecule has 37 heavy (non-hydrogen) atoms. The Kier molecular flexibility index (Phi) is 5.94. The molecule has 6 rings (SSSR count). The molecule has 5 aromatic carbocycles. The Hall–Kier alpha value is -4.43. The number of aryl methyl sites for hydroxylation is 3. The van der Waals surface area contributed by atoms with Crippen molar-refractivity contribution in [3.05, 3.63) is 143 Å². The average Bonchev–Trinajstić information content (AvgIpc) is 2.92. The fraction of sp³-hybridized carbons (Fsp3) is 0.114. The van der Waals surface area contributed by atoms with Gasteiger partial charge in [0.2, 0.25) is 0 Å². The molecule has 0 saturated heterocycles. The number of hydrogen-bond acceptors (Lipinski definition) is 2. The molecule has 180 valence electrons. The highest BCUT2D eigenvalue weighted by atomic mass is 15.0. The number of rotatable bonds is 5. The number of benzene rings is 5. The highest BCUT2D eigenvalue weighted by Crippen LogP contribution is 2.35. The number of fused-ring (bicyclic) bond motifs is 2. The summed E-state index contributed by atoms with van der Waals surface area (Å²) < 4.78 is 0. The van der Waals surface area contributed by atoms with Crippen molar-refractivity contribution in [2.75, 3.05) is 5.32 Å². The van der Waals surface area contributed by atoms with Crippen LogP contribution in [0, 0.1) is 20.8 Å². The lowest BCUT2D eigenvalue weighted by atomic mass is 9.94. The van der Waals surface area contributed by atoms with Crippen LogP contribution in [0.5, 0.6) is 0 Å². The van der Waals surface area contributed by atoms with E-state index in [2.05, 4.69) is 141 Å². The van der Waals surface area contributed by atoms with Crippen molar-refractivity contribution in [1.29, 1.82) is 0 Å². The maximum atomic E-state index is 5.29. The largest absolute Gasteiger partial charge is 0.372 e.